The Bertz CT molecular complexity index is 1040. The molecule has 2 fully saturated rings. The summed E-state index contributed by atoms with van der Waals surface area (Å²) in [4.78, 5) is 33.4. The molecule has 0 spiro atoms. The van der Waals surface area contributed by atoms with E-state index in [-0.39, 0.29) is 5.91 Å². The highest BCUT2D eigenvalue weighted by molar-refractivity contribution is 7.14. The van der Waals surface area contributed by atoms with Crippen LogP contribution in [-0.4, -0.2) is 65.0 Å². The molecule has 0 aromatic carbocycles. The molecule has 0 atom stereocenters. The molecule has 2 saturated heterocycles. The van der Waals surface area contributed by atoms with E-state index in [2.05, 4.69) is 41.0 Å². The zero-order valence-electron chi connectivity index (χ0n) is 18.0. The number of thiazole rings is 1. The monoisotopic (exact) mass is 449 g/mol. The van der Waals surface area contributed by atoms with E-state index in [0.717, 1.165) is 76.0 Å². The van der Waals surface area contributed by atoms with Crippen LogP contribution in [0.2, 0.25) is 0 Å². The lowest BCUT2D eigenvalue weighted by Crippen LogP contribution is -2.46. The minimum atomic E-state index is -0.148. The van der Waals surface area contributed by atoms with Crippen LogP contribution in [0.1, 0.15) is 28.9 Å². The minimum Gasteiger partial charge on any atom is -0.356 e. The second-order valence-corrected chi connectivity index (χ2v) is 8.98. The minimum absolute atomic E-state index is 0.148. The van der Waals surface area contributed by atoms with Crippen molar-refractivity contribution in [2.24, 2.45) is 0 Å². The first-order valence-electron chi connectivity index (χ1n) is 11.1. The standard InChI is InChI=1S/C23H27N7OS/c31-22(19-6-5-9-25-21(19)30-10-3-4-11-30)27-23-26-18(17-32-23)16-28-12-14-29(15-13-28)20-7-1-2-8-24-20/h1-2,5-9,17H,3-4,10-16H2,(H,26,27,31). The number of nitrogens with one attached hydrogen (secondary N) is 1. The van der Waals surface area contributed by atoms with Gasteiger partial charge in [-0.2, -0.15) is 0 Å². The van der Waals surface area contributed by atoms with Crippen molar-refractivity contribution in [2.45, 2.75) is 19.4 Å². The number of hydrogen-bond donors (Lipinski definition) is 1. The number of amides is 1. The molecule has 0 radical (unpaired) electrons. The maximum atomic E-state index is 12.9. The van der Waals surface area contributed by atoms with Crippen LogP contribution in [0.25, 0.3) is 0 Å². The molecule has 8 nitrogen and oxygen atoms in total. The number of anilines is 3. The highest BCUT2D eigenvalue weighted by Gasteiger charge is 2.22. The molecule has 3 aromatic heterocycles. The average Bonchev–Trinajstić information content (AvgIpc) is 3.53. The summed E-state index contributed by atoms with van der Waals surface area (Å²) in [6, 6.07) is 9.68. The Morgan fingerprint density at radius 2 is 1.75 bits per heavy atom. The van der Waals surface area contributed by atoms with Crippen molar-refractivity contribution in [3.05, 3.63) is 59.4 Å². The van der Waals surface area contributed by atoms with Gasteiger partial charge >= 0.3 is 0 Å². The van der Waals surface area contributed by atoms with Gasteiger partial charge in [0.1, 0.15) is 11.6 Å². The Balaban J connectivity index is 1.17. The number of carbonyl (C=O) groups is 1. The van der Waals surface area contributed by atoms with E-state index in [0.29, 0.717) is 10.7 Å². The normalized spacial score (nSPS) is 17.0. The van der Waals surface area contributed by atoms with Crippen molar-refractivity contribution in [3.63, 3.8) is 0 Å². The van der Waals surface area contributed by atoms with Gasteiger partial charge in [-0.1, -0.05) is 6.07 Å². The van der Waals surface area contributed by atoms with Crippen LogP contribution < -0.4 is 15.1 Å². The molecule has 32 heavy (non-hydrogen) atoms. The quantitative estimate of drug-likeness (QED) is 0.620. The van der Waals surface area contributed by atoms with Crippen molar-refractivity contribution in [1.82, 2.24) is 19.9 Å². The predicted molar refractivity (Wildman–Crippen MR) is 127 cm³/mol. The van der Waals surface area contributed by atoms with Crippen LogP contribution in [0, 0.1) is 0 Å². The Hall–Kier alpha value is -3.04. The van der Waals surface area contributed by atoms with Gasteiger partial charge in [-0.25, -0.2) is 15.0 Å². The molecule has 0 saturated carbocycles. The van der Waals surface area contributed by atoms with Crippen molar-refractivity contribution in [3.8, 4) is 0 Å². The Labute approximate surface area is 191 Å². The number of nitrogens with zero attached hydrogens (tertiary/aromatic N) is 6. The summed E-state index contributed by atoms with van der Waals surface area (Å²) in [5, 5.41) is 5.64. The third-order valence-electron chi connectivity index (χ3n) is 5.94. The van der Waals surface area contributed by atoms with Crippen molar-refractivity contribution >= 4 is 34.0 Å². The fourth-order valence-corrected chi connectivity index (χ4v) is 4.96. The summed E-state index contributed by atoms with van der Waals surface area (Å²) < 4.78 is 0. The Kier molecular flexibility index (Phi) is 6.27. The van der Waals surface area contributed by atoms with Gasteiger partial charge in [-0.3, -0.25) is 15.0 Å². The molecular formula is C23H27N7OS. The molecular weight excluding hydrogens is 422 g/mol. The molecule has 0 aliphatic carbocycles. The number of aromatic nitrogens is 3. The first-order chi connectivity index (χ1) is 15.8. The SMILES string of the molecule is O=C(Nc1nc(CN2CCN(c3ccccn3)CC2)cs1)c1cccnc1N1CCCC1. The lowest BCUT2D eigenvalue weighted by Gasteiger charge is -2.35. The van der Waals surface area contributed by atoms with E-state index in [4.69, 9.17) is 0 Å². The van der Waals surface area contributed by atoms with Gasteiger partial charge in [-0.15, -0.1) is 11.3 Å². The smallest absolute Gasteiger partial charge is 0.261 e. The first-order valence-corrected chi connectivity index (χ1v) is 12.0. The molecule has 3 aromatic rings. The fourth-order valence-electron chi connectivity index (χ4n) is 4.26. The number of carbonyl (C=O) groups excluding carboxylic acids is 1. The zero-order chi connectivity index (χ0) is 21.8. The van der Waals surface area contributed by atoms with E-state index >= 15 is 0 Å². The highest BCUT2D eigenvalue weighted by Crippen LogP contribution is 2.24. The molecule has 2 aliphatic heterocycles. The number of hydrogen-bond acceptors (Lipinski definition) is 8. The molecule has 166 valence electrons. The van der Waals surface area contributed by atoms with E-state index in [1.807, 2.05) is 35.8 Å². The van der Waals surface area contributed by atoms with Gasteiger partial charge in [0.2, 0.25) is 0 Å². The lowest BCUT2D eigenvalue weighted by molar-refractivity contribution is 0.102. The van der Waals surface area contributed by atoms with Crippen LogP contribution in [0.5, 0.6) is 0 Å². The first kappa shape index (κ1) is 20.8. The highest BCUT2D eigenvalue weighted by atomic mass is 32.1. The summed E-state index contributed by atoms with van der Waals surface area (Å²) in [7, 11) is 0. The topological polar surface area (TPSA) is 77.5 Å². The number of piperazine rings is 1. The molecule has 0 bridgehead atoms. The van der Waals surface area contributed by atoms with Gasteiger partial charge in [0.15, 0.2) is 5.13 Å². The second-order valence-electron chi connectivity index (χ2n) is 8.12. The van der Waals surface area contributed by atoms with Gasteiger partial charge < -0.3 is 9.80 Å². The summed E-state index contributed by atoms with van der Waals surface area (Å²) >= 11 is 1.47. The van der Waals surface area contributed by atoms with Crippen LogP contribution >= 0.6 is 11.3 Å². The van der Waals surface area contributed by atoms with Crippen LogP contribution in [0.3, 0.4) is 0 Å². The zero-order valence-corrected chi connectivity index (χ0v) is 18.8. The average molecular weight is 450 g/mol. The number of rotatable bonds is 6. The molecule has 2 aliphatic rings. The van der Waals surface area contributed by atoms with Gasteiger partial charge in [-0.05, 0) is 37.1 Å². The Morgan fingerprint density at radius 3 is 2.53 bits per heavy atom. The molecule has 5 rings (SSSR count). The van der Waals surface area contributed by atoms with E-state index in [9.17, 15) is 4.79 Å². The van der Waals surface area contributed by atoms with Crippen LogP contribution in [0.4, 0.5) is 16.8 Å². The number of pyridine rings is 2. The largest absolute Gasteiger partial charge is 0.356 e. The lowest BCUT2D eigenvalue weighted by atomic mass is 10.2. The Morgan fingerprint density at radius 1 is 0.938 bits per heavy atom. The molecule has 5 heterocycles. The maximum absolute atomic E-state index is 12.9. The third kappa shape index (κ3) is 4.73. The summed E-state index contributed by atoms with van der Waals surface area (Å²) in [6.07, 6.45) is 5.87. The van der Waals surface area contributed by atoms with Crippen molar-refractivity contribution in [1.29, 1.82) is 0 Å². The van der Waals surface area contributed by atoms with E-state index in [1.165, 1.54) is 11.3 Å². The molecule has 0 unspecified atom stereocenters. The summed E-state index contributed by atoms with van der Waals surface area (Å²) in [5.74, 6) is 1.66. The second kappa shape index (κ2) is 9.62. The van der Waals surface area contributed by atoms with Crippen LogP contribution in [-0.2, 0) is 6.54 Å². The molecule has 1 N–H and O–H groups in total. The van der Waals surface area contributed by atoms with Crippen LogP contribution in [0.15, 0.2) is 48.1 Å². The summed E-state index contributed by atoms with van der Waals surface area (Å²) in [5.41, 5.74) is 1.60. The maximum Gasteiger partial charge on any atom is 0.261 e. The third-order valence-corrected chi connectivity index (χ3v) is 6.75. The molecule has 9 heteroatoms. The molecule has 1 amide bonds. The predicted octanol–water partition coefficient (Wildman–Crippen LogP) is 3.11. The van der Waals surface area contributed by atoms with Gasteiger partial charge in [0.05, 0.1) is 11.3 Å². The van der Waals surface area contributed by atoms with E-state index in [1.54, 1.807) is 6.20 Å². The van der Waals surface area contributed by atoms with E-state index < -0.39 is 0 Å². The summed E-state index contributed by atoms with van der Waals surface area (Å²) in [6.45, 7) is 6.51. The van der Waals surface area contributed by atoms with Crippen molar-refractivity contribution < 1.29 is 4.79 Å². The van der Waals surface area contributed by atoms with Crippen molar-refractivity contribution in [2.75, 3.05) is 54.4 Å². The van der Waals surface area contributed by atoms with Gasteiger partial charge in [0.25, 0.3) is 5.91 Å². The fraction of sp³-hybridized carbons (Fsp3) is 0.391. The van der Waals surface area contributed by atoms with Gasteiger partial charge in [0, 0.05) is 63.6 Å².